The van der Waals surface area contributed by atoms with Gasteiger partial charge >= 0.3 is 6.03 Å². The first-order valence-electron chi connectivity index (χ1n) is 7.55. The largest absolute Gasteiger partial charge is 0.373 e. The minimum Gasteiger partial charge on any atom is -0.373 e. The van der Waals surface area contributed by atoms with Gasteiger partial charge in [-0.1, -0.05) is 6.92 Å². The molecule has 2 aromatic rings. The molecule has 0 bridgehead atoms. The Labute approximate surface area is 143 Å². The SMILES string of the molecule is CCc1nc(CCNC(=O)Nc2cc(F)c(N(C)C)c(F)c2)cs1. The summed E-state index contributed by atoms with van der Waals surface area (Å²) in [5, 5.41) is 8.09. The van der Waals surface area contributed by atoms with Crippen molar-refractivity contribution in [2.24, 2.45) is 0 Å². The van der Waals surface area contributed by atoms with Crippen molar-refractivity contribution in [3.8, 4) is 0 Å². The van der Waals surface area contributed by atoms with Crippen molar-refractivity contribution in [3.63, 3.8) is 0 Å². The summed E-state index contributed by atoms with van der Waals surface area (Å²) < 4.78 is 27.7. The number of aromatic nitrogens is 1. The fraction of sp³-hybridized carbons (Fsp3) is 0.375. The average molecular weight is 354 g/mol. The molecule has 0 unspecified atom stereocenters. The zero-order valence-corrected chi connectivity index (χ0v) is 14.6. The molecule has 2 amide bonds. The lowest BCUT2D eigenvalue weighted by Gasteiger charge is -2.16. The summed E-state index contributed by atoms with van der Waals surface area (Å²) >= 11 is 1.59. The number of thiazole rings is 1. The van der Waals surface area contributed by atoms with Crippen LogP contribution < -0.4 is 15.5 Å². The van der Waals surface area contributed by atoms with Crippen LogP contribution in [0.3, 0.4) is 0 Å². The van der Waals surface area contributed by atoms with Crippen LogP contribution in [0.2, 0.25) is 0 Å². The van der Waals surface area contributed by atoms with E-state index in [1.165, 1.54) is 4.90 Å². The number of urea groups is 1. The van der Waals surface area contributed by atoms with Gasteiger partial charge in [0.2, 0.25) is 0 Å². The van der Waals surface area contributed by atoms with Crippen LogP contribution in [-0.2, 0) is 12.8 Å². The molecular weight excluding hydrogens is 334 g/mol. The lowest BCUT2D eigenvalue weighted by atomic mass is 10.2. The molecule has 1 heterocycles. The smallest absolute Gasteiger partial charge is 0.319 e. The number of aryl methyl sites for hydroxylation is 1. The number of halogens is 2. The van der Waals surface area contributed by atoms with Gasteiger partial charge in [-0.2, -0.15) is 0 Å². The summed E-state index contributed by atoms with van der Waals surface area (Å²) in [4.78, 5) is 17.6. The quantitative estimate of drug-likeness (QED) is 0.836. The monoisotopic (exact) mass is 354 g/mol. The molecule has 0 aliphatic heterocycles. The van der Waals surface area contributed by atoms with Crippen LogP contribution >= 0.6 is 11.3 Å². The molecular formula is C16H20F2N4OS. The normalized spacial score (nSPS) is 10.5. The fourth-order valence-corrected chi connectivity index (χ4v) is 2.95. The Morgan fingerprint density at radius 2 is 1.96 bits per heavy atom. The zero-order chi connectivity index (χ0) is 17.7. The number of hydrogen-bond donors (Lipinski definition) is 2. The minimum atomic E-state index is -0.732. The maximum atomic E-state index is 13.9. The minimum absolute atomic E-state index is 0.0648. The molecule has 0 spiro atoms. The molecule has 0 atom stereocenters. The lowest BCUT2D eigenvalue weighted by Crippen LogP contribution is -2.30. The van der Waals surface area contributed by atoms with Crippen molar-refractivity contribution in [2.75, 3.05) is 30.9 Å². The highest BCUT2D eigenvalue weighted by Gasteiger charge is 2.14. The van der Waals surface area contributed by atoms with E-state index in [4.69, 9.17) is 0 Å². The number of anilines is 2. The van der Waals surface area contributed by atoms with Crippen molar-refractivity contribution >= 4 is 28.7 Å². The summed E-state index contributed by atoms with van der Waals surface area (Å²) in [6.45, 7) is 2.42. The summed E-state index contributed by atoms with van der Waals surface area (Å²) in [5.41, 5.74) is 0.843. The first-order valence-corrected chi connectivity index (χ1v) is 8.43. The van der Waals surface area contributed by atoms with E-state index in [2.05, 4.69) is 15.6 Å². The van der Waals surface area contributed by atoms with Gasteiger partial charge in [0.15, 0.2) is 11.6 Å². The van der Waals surface area contributed by atoms with E-state index in [-0.39, 0.29) is 11.4 Å². The van der Waals surface area contributed by atoms with Crippen LogP contribution in [0.15, 0.2) is 17.5 Å². The summed E-state index contributed by atoms with van der Waals surface area (Å²) in [6.07, 6.45) is 1.49. The van der Waals surface area contributed by atoms with E-state index >= 15 is 0 Å². The van der Waals surface area contributed by atoms with Gasteiger partial charge in [0.1, 0.15) is 5.69 Å². The Balaban J connectivity index is 1.88. The first kappa shape index (κ1) is 18.1. The zero-order valence-electron chi connectivity index (χ0n) is 13.8. The predicted molar refractivity (Wildman–Crippen MR) is 92.9 cm³/mol. The van der Waals surface area contributed by atoms with Gasteiger partial charge in [0, 0.05) is 38.1 Å². The number of nitrogens with zero attached hydrogens (tertiary/aromatic N) is 2. The topological polar surface area (TPSA) is 57.3 Å². The Kier molecular flexibility index (Phi) is 6.08. The molecule has 24 heavy (non-hydrogen) atoms. The van der Waals surface area contributed by atoms with Gasteiger partial charge in [-0.25, -0.2) is 18.6 Å². The number of carbonyl (C=O) groups is 1. The van der Waals surface area contributed by atoms with Gasteiger partial charge in [0.25, 0.3) is 0 Å². The highest BCUT2D eigenvalue weighted by molar-refractivity contribution is 7.09. The number of rotatable bonds is 6. The van der Waals surface area contributed by atoms with Crippen LogP contribution in [0.25, 0.3) is 0 Å². The number of amides is 2. The Morgan fingerprint density at radius 3 is 2.50 bits per heavy atom. The number of benzene rings is 1. The van der Waals surface area contributed by atoms with Gasteiger partial charge < -0.3 is 15.5 Å². The second-order valence-corrected chi connectivity index (χ2v) is 6.34. The Bertz CT molecular complexity index is 695. The van der Waals surface area contributed by atoms with Crippen LogP contribution in [0.1, 0.15) is 17.6 Å². The van der Waals surface area contributed by atoms with Crippen molar-refractivity contribution in [2.45, 2.75) is 19.8 Å². The van der Waals surface area contributed by atoms with E-state index in [1.54, 1.807) is 25.4 Å². The second kappa shape index (κ2) is 8.05. The van der Waals surface area contributed by atoms with Crippen molar-refractivity contribution < 1.29 is 13.6 Å². The molecule has 0 radical (unpaired) electrons. The van der Waals surface area contributed by atoms with E-state index < -0.39 is 17.7 Å². The molecule has 1 aromatic carbocycles. The molecule has 130 valence electrons. The number of carbonyl (C=O) groups excluding carboxylic acids is 1. The van der Waals surface area contributed by atoms with Crippen LogP contribution in [0, 0.1) is 11.6 Å². The molecule has 0 fully saturated rings. The molecule has 2 rings (SSSR count). The van der Waals surface area contributed by atoms with Crippen molar-refractivity contribution in [1.29, 1.82) is 0 Å². The maximum Gasteiger partial charge on any atom is 0.319 e. The molecule has 8 heteroatoms. The third-order valence-corrected chi connectivity index (χ3v) is 4.33. The van der Waals surface area contributed by atoms with Crippen LogP contribution in [0.5, 0.6) is 0 Å². The lowest BCUT2D eigenvalue weighted by molar-refractivity contribution is 0.252. The first-order chi connectivity index (χ1) is 11.4. The van der Waals surface area contributed by atoms with E-state index in [9.17, 15) is 13.6 Å². The van der Waals surface area contributed by atoms with E-state index in [0.717, 1.165) is 29.3 Å². The van der Waals surface area contributed by atoms with Gasteiger partial charge in [-0.15, -0.1) is 11.3 Å². The van der Waals surface area contributed by atoms with Crippen LogP contribution in [-0.4, -0.2) is 31.7 Å². The Hall–Kier alpha value is -2.22. The Morgan fingerprint density at radius 1 is 1.29 bits per heavy atom. The van der Waals surface area contributed by atoms with Crippen molar-refractivity contribution in [1.82, 2.24) is 10.3 Å². The third-order valence-electron chi connectivity index (χ3n) is 3.29. The molecule has 0 aliphatic rings. The predicted octanol–water partition coefficient (Wildman–Crippen LogP) is 3.41. The standard InChI is InChI=1S/C16H20F2N4OS/c1-4-14-20-10(9-24-14)5-6-19-16(23)21-11-7-12(17)15(22(2)3)13(18)8-11/h7-9H,4-6H2,1-3H3,(H2,19,21,23). The highest BCUT2D eigenvalue weighted by Crippen LogP contribution is 2.25. The van der Waals surface area contributed by atoms with E-state index in [0.29, 0.717) is 13.0 Å². The van der Waals surface area contributed by atoms with E-state index in [1.807, 2.05) is 12.3 Å². The molecule has 2 N–H and O–H groups in total. The number of hydrogen-bond acceptors (Lipinski definition) is 4. The summed E-state index contributed by atoms with van der Waals surface area (Å²) in [5.74, 6) is -1.46. The molecule has 5 nitrogen and oxygen atoms in total. The summed E-state index contributed by atoms with van der Waals surface area (Å²) in [6, 6.07) is 1.66. The summed E-state index contributed by atoms with van der Waals surface area (Å²) in [7, 11) is 3.09. The maximum absolute atomic E-state index is 13.9. The van der Waals surface area contributed by atoms with Gasteiger partial charge in [-0.05, 0) is 18.6 Å². The fourth-order valence-electron chi connectivity index (χ4n) is 2.17. The average Bonchev–Trinajstić information content (AvgIpc) is 2.94. The molecule has 1 aromatic heterocycles. The van der Waals surface area contributed by atoms with Gasteiger partial charge in [-0.3, -0.25) is 0 Å². The second-order valence-electron chi connectivity index (χ2n) is 5.40. The highest BCUT2D eigenvalue weighted by atomic mass is 32.1. The number of nitrogens with one attached hydrogen (secondary N) is 2. The molecule has 0 saturated carbocycles. The van der Waals surface area contributed by atoms with Crippen molar-refractivity contribution in [3.05, 3.63) is 39.8 Å². The molecule has 0 aliphatic carbocycles. The third kappa shape index (κ3) is 4.64. The van der Waals surface area contributed by atoms with Crippen LogP contribution in [0.4, 0.5) is 25.0 Å². The molecule has 0 saturated heterocycles. The van der Waals surface area contributed by atoms with Gasteiger partial charge in [0.05, 0.1) is 10.7 Å².